The van der Waals surface area contributed by atoms with Gasteiger partial charge in [0.25, 0.3) is 0 Å². The van der Waals surface area contributed by atoms with E-state index in [2.05, 4.69) is 0 Å². The molecule has 2 rings (SSSR count). The van der Waals surface area contributed by atoms with E-state index in [1.807, 2.05) is 0 Å². The molecule has 0 amide bonds. The van der Waals surface area contributed by atoms with Gasteiger partial charge in [-0.15, -0.1) is 0 Å². The number of hydrogen-bond acceptors (Lipinski definition) is 2. The molecule has 0 aliphatic heterocycles. The molecule has 0 aliphatic carbocycles. The Bertz CT molecular complexity index is 588. The SMILES string of the molecule is OCc1cc(Cl)ccc1OCc1ccc(Cl)cc1F. The molecular formula is C14H11Cl2FO2. The number of halogens is 3. The first-order chi connectivity index (χ1) is 9.10. The zero-order valence-corrected chi connectivity index (χ0v) is 11.4. The molecule has 0 saturated heterocycles. The Morgan fingerprint density at radius 2 is 1.68 bits per heavy atom. The summed E-state index contributed by atoms with van der Waals surface area (Å²) in [4.78, 5) is 0. The molecule has 100 valence electrons. The predicted octanol–water partition coefficient (Wildman–Crippen LogP) is 4.20. The van der Waals surface area contributed by atoms with Crippen LogP contribution in [0.2, 0.25) is 10.0 Å². The van der Waals surface area contributed by atoms with Crippen molar-refractivity contribution in [2.24, 2.45) is 0 Å². The van der Waals surface area contributed by atoms with E-state index in [4.69, 9.17) is 27.9 Å². The minimum Gasteiger partial charge on any atom is -0.488 e. The van der Waals surface area contributed by atoms with E-state index in [0.29, 0.717) is 26.9 Å². The molecule has 0 bridgehead atoms. The van der Waals surface area contributed by atoms with E-state index in [0.717, 1.165) is 0 Å². The molecule has 2 aromatic carbocycles. The Morgan fingerprint density at radius 1 is 1.00 bits per heavy atom. The van der Waals surface area contributed by atoms with Crippen LogP contribution in [0.25, 0.3) is 0 Å². The highest BCUT2D eigenvalue weighted by Gasteiger charge is 2.07. The quantitative estimate of drug-likeness (QED) is 0.917. The van der Waals surface area contributed by atoms with Crippen LogP contribution < -0.4 is 4.74 Å². The monoisotopic (exact) mass is 300 g/mol. The third-order valence-electron chi connectivity index (χ3n) is 2.59. The Hall–Kier alpha value is -1.29. The molecule has 5 heteroatoms. The topological polar surface area (TPSA) is 29.5 Å². The molecule has 2 aromatic rings. The highest BCUT2D eigenvalue weighted by Crippen LogP contribution is 2.24. The van der Waals surface area contributed by atoms with Crippen LogP contribution in [0.1, 0.15) is 11.1 Å². The van der Waals surface area contributed by atoms with Crippen LogP contribution in [0.5, 0.6) is 5.75 Å². The van der Waals surface area contributed by atoms with Gasteiger partial charge in [0, 0.05) is 21.2 Å². The second-order valence-corrected chi connectivity index (χ2v) is 4.81. The molecular weight excluding hydrogens is 290 g/mol. The molecule has 0 fully saturated rings. The van der Waals surface area contributed by atoms with Gasteiger partial charge in [0.2, 0.25) is 0 Å². The molecule has 0 unspecified atom stereocenters. The molecule has 0 aromatic heterocycles. The van der Waals surface area contributed by atoms with Gasteiger partial charge >= 0.3 is 0 Å². The Morgan fingerprint density at radius 3 is 2.37 bits per heavy atom. The molecule has 0 atom stereocenters. The van der Waals surface area contributed by atoms with Crippen molar-refractivity contribution in [3.8, 4) is 5.75 Å². The lowest BCUT2D eigenvalue weighted by Crippen LogP contribution is -2.01. The molecule has 0 heterocycles. The Kier molecular flexibility index (Phi) is 4.64. The van der Waals surface area contributed by atoms with E-state index in [-0.39, 0.29) is 13.2 Å². The first kappa shape index (κ1) is 14.1. The van der Waals surface area contributed by atoms with Crippen LogP contribution in [-0.2, 0) is 13.2 Å². The van der Waals surface area contributed by atoms with Gasteiger partial charge in [-0.25, -0.2) is 4.39 Å². The van der Waals surface area contributed by atoms with Crippen molar-refractivity contribution in [1.82, 2.24) is 0 Å². The fourth-order valence-corrected chi connectivity index (χ4v) is 1.96. The second-order valence-electron chi connectivity index (χ2n) is 3.93. The summed E-state index contributed by atoms with van der Waals surface area (Å²) in [6, 6.07) is 9.28. The fraction of sp³-hybridized carbons (Fsp3) is 0.143. The summed E-state index contributed by atoms with van der Waals surface area (Å²) in [6.07, 6.45) is 0. The first-order valence-electron chi connectivity index (χ1n) is 5.56. The van der Waals surface area contributed by atoms with Gasteiger partial charge in [0.15, 0.2) is 0 Å². The summed E-state index contributed by atoms with van der Waals surface area (Å²) in [5.74, 6) is 0.0493. The summed E-state index contributed by atoms with van der Waals surface area (Å²) in [5.41, 5.74) is 0.949. The van der Waals surface area contributed by atoms with Crippen LogP contribution in [0.4, 0.5) is 4.39 Å². The number of hydrogen-bond donors (Lipinski definition) is 1. The van der Waals surface area contributed by atoms with Gasteiger partial charge in [-0.1, -0.05) is 29.3 Å². The van der Waals surface area contributed by atoms with Crippen molar-refractivity contribution in [3.63, 3.8) is 0 Å². The highest BCUT2D eigenvalue weighted by atomic mass is 35.5. The van der Waals surface area contributed by atoms with Gasteiger partial charge in [-0.05, 0) is 30.3 Å². The van der Waals surface area contributed by atoms with Crippen molar-refractivity contribution in [2.75, 3.05) is 0 Å². The third-order valence-corrected chi connectivity index (χ3v) is 3.06. The summed E-state index contributed by atoms with van der Waals surface area (Å²) in [5, 5.41) is 10.0. The van der Waals surface area contributed by atoms with E-state index in [1.54, 1.807) is 30.3 Å². The van der Waals surface area contributed by atoms with Crippen molar-refractivity contribution in [3.05, 3.63) is 63.4 Å². The van der Waals surface area contributed by atoms with Crippen molar-refractivity contribution in [2.45, 2.75) is 13.2 Å². The Balaban J connectivity index is 2.14. The largest absolute Gasteiger partial charge is 0.488 e. The van der Waals surface area contributed by atoms with Crippen LogP contribution in [0.15, 0.2) is 36.4 Å². The lowest BCUT2D eigenvalue weighted by molar-refractivity contribution is 0.257. The minimum atomic E-state index is -0.424. The molecule has 0 aliphatic rings. The number of benzene rings is 2. The predicted molar refractivity (Wildman–Crippen MR) is 73.1 cm³/mol. The molecule has 19 heavy (non-hydrogen) atoms. The van der Waals surface area contributed by atoms with Crippen LogP contribution >= 0.6 is 23.2 Å². The van der Waals surface area contributed by atoms with Crippen molar-refractivity contribution >= 4 is 23.2 Å². The van der Waals surface area contributed by atoms with E-state index in [1.165, 1.54) is 6.07 Å². The van der Waals surface area contributed by atoms with E-state index in [9.17, 15) is 9.50 Å². The van der Waals surface area contributed by atoms with E-state index < -0.39 is 5.82 Å². The van der Waals surface area contributed by atoms with Gasteiger partial charge in [0.05, 0.1) is 6.61 Å². The van der Waals surface area contributed by atoms with Crippen molar-refractivity contribution < 1.29 is 14.2 Å². The average Bonchev–Trinajstić information content (AvgIpc) is 2.39. The smallest absolute Gasteiger partial charge is 0.131 e. The maximum absolute atomic E-state index is 13.6. The number of aliphatic hydroxyl groups is 1. The third kappa shape index (κ3) is 3.60. The van der Waals surface area contributed by atoms with Gasteiger partial charge < -0.3 is 9.84 Å². The zero-order valence-electron chi connectivity index (χ0n) is 9.87. The van der Waals surface area contributed by atoms with Gasteiger partial charge in [-0.2, -0.15) is 0 Å². The number of ether oxygens (including phenoxy) is 1. The van der Waals surface area contributed by atoms with Crippen LogP contribution in [0, 0.1) is 5.82 Å². The number of aliphatic hydroxyl groups excluding tert-OH is 1. The second kappa shape index (κ2) is 6.24. The molecule has 1 N–H and O–H groups in total. The van der Waals surface area contributed by atoms with Crippen molar-refractivity contribution in [1.29, 1.82) is 0 Å². The Labute approximate surface area is 120 Å². The maximum atomic E-state index is 13.6. The zero-order chi connectivity index (χ0) is 13.8. The number of rotatable bonds is 4. The van der Waals surface area contributed by atoms with Gasteiger partial charge in [0.1, 0.15) is 18.2 Å². The minimum absolute atomic E-state index is 0.0532. The lowest BCUT2D eigenvalue weighted by Gasteiger charge is -2.11. The standard InChI is InChI=1S/C14H11Cl2FO2/c15-11-3-4-14(10(5-11)7-18)19-8-9-1-2-12(16)6-13(9)17/h1-6,18H,7-8H2. The molecule has 2 nitrogen and oxygen atoms in total. The summed E-state index contributed by atoms with van der Waals surface area (Å²) in [6.45, 7) is -0.142. The van der Waals surface area contributed by atoms with Crippen LogP contribution in [-0.4, -0.2) is 5.11 Å². The van der Waals surface area contributed by atoms with Gasteiger partial charge in [-0.3, -0.25) is 0 Å². The molecule has 0 saturated carbocycles. The average molecular weight is 301 g/mol. The molecule has 0 spiro atoms. The lowest BCUT2D eigenvalue weighted by atomic mass is 10.2. The summed E-state index contributed by atoms with van der Waals surface area (Å²) >= 11 is 11.5. The molecule has 0 radical (unpaired) electrons. The van der Waals surface area contributed by atoms with E-state index >= 15 is 0 Å². The fourth-order valence-electron chi connectivity index (χ4n) is 1.61. The highest BCUT2D eigenvalue weighted by molar-refractivity contribution is 6.30. The van der Waals surface area contributed by atoms with Crippen LogP contribution in [0.3, 0.4) is 0 Å². The summed E-state index contributed by atoms with van der Waals surface area (Å²) in [7, 11) is 0. The normalized spacial score (nSPS) is 10.5. The first-order valence-corrected chi connectivity index (χ1v) is 6.32. The summed E-state index contributed by atoms with van der Waals surface area (Å²) < 4.78 is 19.1. The maximum Gasteiger partial charge on any atom is 0.131 e.